The summed E-state index contributed by atoms with van der Waals surface area (Å²) in [6.45, 7) is 10.4. The Hall–Kier alpha value is -1.91. The predicted octanol–water partition coefficient (Wildman–Crippen LogP) is 3.00. The molecule has 0 spiro atoms. The number of hydrogen-bond acceptors (Lipinski definition) is 3. The monoisotopic (exact) mass is 300 g/mol. The van der Waals surface area contributed by atoms with Crippen molar-refractivity contribution in [1.82, 2.24) is 19.5 Å². The lowest BCUT2D eigenvalue weighted by molar-refractivity contribution is 0.0629. The minimum Gasteiger partial charge on any atom is -0.333 e. The van der Waals surface area contributed by atoms with Gasteiger partial charge in [-0.15, -0.1) is 0 Å². The molecule has 1 aliphatic carbocycles. The minimum atomic E-state index is 0.0659. The summed E-state index contributed by atoms with van der Waals surface area (Å²) >= 11 is 0. The van der Waals surface area contributed by atoms with E-state index in [1.54, 1.807) is 10.7 Å². The van der Waals surface area contributed by atoms with Gasteiger partial charge in [0, 0.05) is 23.5 Å². The second-order valence-corrected chi connectivity index (χ2v) is 6.76. The summed E-state index contributed by atoms with van der Waals surface area (Å²) in [7, 11) is 0. The van der Waals surface area contributed by atoms with Gasteiger partial charge in [-0.1, -0.05) is 13.8 Å². The van der Waals surface area contributed by atoms with Crippen molar-refractivity contribution in [2.75, 3.05) is 0 Å². The molecule has 5 heteroatoms. The summed E-state index contributed by atoms with van der Waals surface area (Å²) in [5, 5.41) is 4.35. The molecule has 1 saturated carbocycles. The Kier molecular flexibility index (Phi) is 3.67. The first-order valence-electron chi connectivity index (χ1n) is 8.04. The van der Waals surface area contributed by atoms with E-state index in [1.807, 2.05) is 24.8 Å². The Morgan fingerprint density at radius 3 is 2.59 bits per heavy atom. The lowest BCUT2D eigenvalue weighted by Crippen LogP contribution is -2.43. The van der Waals surface area contributed by atoms with Gasteiger partial charge < -0.3 is 4.90 Å². The fourth-order valence-corrected chi connectivity index (χ4v) is 2.92. The molecule has 1 unspecified atom stereocenters. The maximum atomic E-state index is 13.1. The van der Waals surface area contributed by atoms with Gasteiger partial charge in [0.2, 0.25) is 0 Å². The van der Waals surface area contributed by atoms with Gasteiger partial charge in [-0.2, -0.15) is 5.10 Å². The fourth-order valence-electron chi connectivity index (χ4n) is 2.92. The first kappa shape index (κ1) is 15.0. The average molecular weight is 300 g/mol. The van der Waals surface area contributed by atoms with E-state index in [1.165, 1.54) is 0 Å². The first-order chi connectivity index (χ1) is 10.4. The lowest BCUT2D eigenvalue weighted by atomic mass is 10.0. The molecule has 22 heavy (non-hydrogen) atoms. The molecule has 0 N–H and O–H groups in total. The molecule has 118 valence electrons. The van der Waals surface area contributed by atoms with Gasteiger partial charge in [0.05, 0.1) is 6.20 Å². The van der Waals surface area contributed by atoms with Crippen molar-refractivity contribution in [2.24, 2.45) is 5.92 Å². The zero-order valence-corrected chi connectivity index (χ0v) is 14.0. The van der Waals surface area contributed by atoms with Gasteiger partial charge in [-0.25, -0.2) is 9.50 Å². The molecule has 1 amide bonds. The molecule has 1 fully saturated rings. The maximum absolute atomic E-state index is 13.1. The van der Waals surface area contributed by atoms with E-state index >= 15 is 0 Å². The van der Waals surface area contributed by atoms with E-state index in [2.05, 4.69) is 30.9 Å². The summed E-state index contributed by atoms with van der Waals surface area (Å²) in [5.74, 6) is 0.499. The second-order valence-electron chi connectivity index (χ2n) is 6.76. The molecule has 0 radical (unpaired) electrons. The topological polar surface area (TPSA) is 50.5 Å². The highest BCUT2D eigenvalue weighted by atomic mass is 16.2. The van der Waals surface area contributed by atoms with Crippen LogP contribution in [0.5, 0.6) is 0 Å². The van der Waals surface area contributed by atoms with Gasteiger partial charge in [0.25, 0.3) is 5.91 Å². The zero-order chi connectivity index (χ0) is 16.0. The lowest BCUT2D eigenvalue weighted by Gasteiger charge is -2.31. The predicted molar refractivity (Wildman–Crippen MR) is 86.0 cm³/mol. The van der Waals surface area contributed by atoms with Crippen LogP contribution in [0.4, 0.5) is 0 Å². The Morgan fingerprint density at radius 1 is 1.32 bits per heavy atom. The molecule has 0 bridgehead atoms. The third-order valence-electron chi connectivity index (χ3n) is 4.59. The second kappa shape index (κ2) is 5.38. The Labute approximate surface area is 131 Å². The number of hydrogen-bond donors (Lipinski definition) is 0. The highest BCUT2D eigenvalue weighted by molar-refractivity contribution is 6.00. The van der Waals surface area contributed by atoms with Crippen LogP contribution in [0.1, 0.15) is 55.4 Å². The van der Waals surface area contributed by atoms with E-state index in [0.717, 1.165) is 24.2 Å². The molecular formula is C17H24N4O. The summed E-state index contributed by atoms with van der Waals surface area (Å²) in [6, 6.07) is 2.58. The van der Waals surface area contributed by atoms with Crippen LogP contribution in [0, 0.1) is 19.8 Å². The highest BCUT2D eigenvalue weighted by Crippen LogP contribution is 2.32. The fraction of sp³-hybridized carbons (Fsp3) is 0.588. The number of fused-ring (bicyclic) bond motifs is 1. The van der Waals surface area contributed by atoms with E-state index < -0.39 is 0 Å². The maximum Gasteiger partial charge on any atom is 0.259 e. The zero-order valence-electron chi connectivity index (χ0n) is 14.0. The highest BCUT2D eigenvalue weighted by Gasteiger charge is 2.38. The van der Waals surface area contributed by atoms with Crippen molar-refractivity contribution in [3.05, 3.63) is 29.2 Å². The van der Waals surface area contributed by atoms with Gasteiger partial charge in [-0.3, -0.25) is 4.79 Å². The van der Waals surface area contributed by atoms with Crippen molar-refractivity contribution < 1.29 is 4.79 Å². The average Bonchev–Trinajstić information content (AvgIpc) is 3.17. The molecule has 2 aromatic rings. The molecule has 0 aromatic carbocycles. The number of carbonyl (C=O) groups excluding carboxylic acids is 1. The van der Waals surface area contributed by atoms with E-state index in [4.69, 9.17) is 0 Å². The minimum absolute atomic E-state index is 0.0659. The number of nitrogens with zero attached hydrogens (tertiary/aromatic N) is 4. The van der Waals surface area contributed by atoms with E-state index in [-0.39, 0.29) is 11.9 Å². The molecule has 2 aromatic heterocycles. The largest absolute Gasteiger partial charge is 0.333 e. The van der Waals surface area contributed by atoms with Crippen molar-refractivity contribution in [1.29, 1.82) is 0 Å². The van der Waals surface area contributed by atoms with Crippen LogP contribution in [-0.2, 0) is 0 Å². The van der Waals surface area contributed by atoms with Crippen molar-refractivity contribution in [2.45, 2.75) is 59.5 Å². The quantitative estimate of drug-likeness (QED) is 0.872. The summed E-state index contributed by atoms with van der Waals surface area (Å²) in [4.78, 5) is 19.7. The summed E-state index contributed by atoms with van der Waals surface area (Å²) in [6.07, 6.45) is 3.88. The number of amides is 1. The van der Waals surface area contributed by atoms with Gasteiger partial charge >= 0.3 is 0 Å². The van der Waals surface area contributed by atoms with E-state index in [9.17, 15) is 4.79 Å². The third-order valence-corrected chi connectivity index (χ3v) is 4.59. The summed E-state index contributed by atoms with van der Waals surface area (Å²) in [5.41, 5.74) is 3.20. The molecule has 0 aliphatic heterocycles. The Balaban J connectivity index is 2.04. The standard InChI is InChI=1S/C17H24N4O/c1-10(2)13(5)20(14-6-7-14)17(22)15-9-18-21-12(4)8-11(3)19-16(15)21/h8-10,13-14H,6-7H2,1-5H3. The van der Waals surface area contributed by atoms with Crippen LogP contribution in [0.25, 0.3) is 5.65 Å². The van der Waals surface area contributed by atoms with Crippen LogP contribution in [-0.4, -0.2) is 37.5 Å². The van der Waals surface area contributed by atoms with Crippen LogP contribution >= 0.6 is 0 Å². The van der Waals surface area contributed by atoms with Crippen LogP contribution in [0.3, 0.4) is 0 Å². The number of carbonyl (C=O) groups is 1. The molecule has 5 nitrogen and oxygen atoms in total. The van der Waals surface area contributed by atoms with Crippen LogP contribution in [0.2, 0.25) is 0 Å². The van der Waals surface area contributed by atoms with E-state index in [0.29, 0.717) is 23.2 Å². The van der Waals surface area contributed by atoms with Crippen molar-refractivity contribution in [3.8, 4) is 0 Å². The number of aromatic nitrogens is 3. The summed E-state index contributed by atoms with van der Waals surface area (Å²) < 4.78 is 1.76. The Morgan fingerprint density at radius 2 is 2.00 bits per heavy atom. The Bertz CT molecular complexity index is 715. The smallest absolute Gasteiger partial charge is 0.259 e. The molecule has 1 aliphatic rings. The van der Waals surface area contributed by atoms with Crippen LogP contribution < -0.4 is 0 Å². The normalized spacial score (nSPS) is 16.3. The molecule has 0 saturated heterocycles. The molecule has 2 heterocycles. The number of rotatable bonds is 4. The number of aryl methyl sites for hydroxylation is 2. The van der Waals surface area contributed by atoms with Gasteiger partial charge in [0.1, 0.15) is 5.56 Å². The van der Waals surface area contributed by atoms with Crippen molar-refractivity contribution >= 4 is 11.6 Å². The van der Waals surface area contributed by atoms with Gasteiger partial charge in [0.15, 0.2) is 5.65 Å². The molecule has 1 atom stereocenters. The third kappa shape index (κ3) is 2.49. The van der Waals surface area contributed by atoms with Gasteiger partial charge in [-0.05, 0) is 45.6 Å². The molecular weight excluding hydrogens is 276 g/mol. The van der Waals surface area contributed by atoms with Crippen molar-refractivity contribution in [3.63, 3.8) is 0 Å². The SMILES string of the molecule is Cc1cc(C)n2ncc(C(=O)N(C3CC3)C(C)C(C)C)c2n1. The van der Waals surface area contributed by atoms with Crippen LogP contribution in [0.15, 0.2) is 12.3 Å². The molecule has 3 rings (SSSR count). The first-order valence-corrected chi connectivity index (χ1v) is 8.04.